The van der Waals surface area contributed by atoms with E-state index in [2.05, 4.69) is 16.6 Å². The average molecular weight is 282 g/mol. The number of carbonyl (C=O) groups is 1. The standard InChI is InChI=1S/C14H16F2N2O2/c1-4-9-7-10(15)12(11(16)8-9)17-13(20)18-14(2,3)5-6-19/h1,7-8,19H,5-6H2,2-3H3,(H2,17,18,20). The first-order valence-electron chi connectivity index (χ1n) is 5.95. The highest BCUT2D eigenvalue weighted by atomic mass is 19.1. The fraction of sp³-hybridized carbons (Fsp3) is 0.357. The summed E-state index contributed by atoms with van der Waals surface area (Å²) in [6, 6.07) is 1.14. The molecule has 1 aromatic carbocycles. The van der Waals surface area contributed by atoms with Crippen LogP contribution in [0.4, 0.5) is 19.3 Å². The van der Waals surface area contributed by atoms with Gasteiger partial charge >= 0.3 is 6.03 Å². The van der Waals surface area contributed by atoms with Crippen LogP contribution >= 0.6 is 0 Å². The molecule has 0 bridgehead atoms. The van der Waals surface area contributed by atoms with Gasteiger partial charge in [-0.15, -0.1) is 6.42 Å². The van der Waals surface area contributed by atoms with Gasteiger partial charge in [0.2, 0.25) is 0 Å². The number of halogens is 2. The first kappa shape index (κ1) is 15.9. The Morgan fingerprint density at radius 3 is 2.40 bits per heavy atom. The second-order valence-electron chi connectivity index (χ2n) is 4.90. The van der Waals surface area contributed by atoms with Gasteiger partial charge in [0.05, 0.1) is 0 Å². The predicted molar refractivity (Wildman–Crippen MR) is 72.2 cm³/mol. The molecular formula is C14H16F2N2O2. The fourth-order valence-corrected chi connectivity index (χ4v) is 1.57. The lowest BCUT2D eigenvalue weighted by Gasteiger charge is -2.25. The summed E-state index contributed by atoms with van der Waals surface area (Å²) in [4.78, 5) is 11.7. The van der Waals surface area contributed by atoms with Gasteiger partial charge in [-0.05, 0) is 32.4 Å². The van der Waals surface area contributed by atoms with Crippen molar-refractivity contribution in [1.29, 1.82) is 0 Å². The van der Waals surface area contributed by atoms with Crippen LogP contribution in [0.1, 0.15) is 25.8 Å². The van der Waals surface area contributed by atoms with Gasteiger partial charge in [0, 0.05) is 17.7 Å². The van der Waals surface area contributed by atoms with Crippen molar-refractivity contribution in [3.63, 3.8) is 0 Å². The lowest BCUT2D eigenvalue weighted by molar-refractivity contribution is 0.218. The van der Waals surface area contributed by atoms with Crippen LogP contribution in [0, 0.1) is 24.0 Å². The van der Waals surface area contributed by atoms with Gasteiger partial charge in [0.25, 0.3) is 0 Å². The van der Waals surface area contributed by atoms with Crippen molar-refractivity contribution in [3.8, 4) is 12.3 Å². The molecule has 1 aromatic rings. The Balaban J connectivity index is 2.84. The monoisotopic (exact) mass is 282 g/mol. The number of hydrogen-bond acceptors (Lipinski definition) is 2. The van der Waals surface area contributed by atoms with Crippen molar-refractivity contribution in [2.75, 3.05) is 11.9 Å². The highest BCUT2D eigenvalue weighted by Gasteiger charge is 2.21. The molecule has 1 rings (SSSR count). The zero-order chi connectivity index (χ0) is 15.3. The summed E-state index contributed by atoms with van der Waals surface area (Å²) in [6.45, 7) is 3.24. The molecule has 0 aliphatic heterocycles. The molecule has 0 spiro atoms. The Hall–Kier alpha value is -2.13. The number of amides is 2. The van der Waals surface area contributed by atoms with Crippen LogP contribution in [0.5, 0.6) is 0 Å². The molecule has 2 amide bonds. The summed E-state index contributed by atoms with van der Waals surface area (Å²) in [5.74, 6) is 0.206. The first-order chi connectivity index (χ1) is 9.29. The Bertz CT molecular complexity index is 528. The summed E-state index contributed by atoms with van der Waals surface area (Å²) in [5, 5.41) is 13.4. The molecule has 0 atom stereocenters. The largest absolute Gasteiger partial charge is 0.396 e. The van der Waals surface area contributed by atoms with E-state index >= 15 is 0 Å². The molecule has 4 nitrogen and oxygen atoms in total. The van der Waals surface area contributed by atoms with Crippen molar-refractivity contribution >= 4 is 11.7 Å². The van der Waals surface area contributed by atoms with E-state index < -0.39 is 28.9 Å². The SMILES string of the molecule is C#Cc1cc(F)c(NC(=O)NC(C)(C)CCO)c(F)c1. The van der Waals surface area contributed by atoms with Gasteiger partial charge < -0.3 is 15.7 Å². The highest BCUT2D eigenvalue weighted by Crippen LogP contribution is 2.20. The van der Waals surface area contributed by atoms with E-state index in [-0.39, 0.29) is 12.2 Å². The normalized spacial score (nSPS) is 10.8. The maximum absolute atomic E-state index is 13.6. The van der Waals surface area contributed by atoms with Crippen molar-refractivity contribution < 1.29 is 18.7 Å². The van der Waals surface area contributed by atoms with Gasteiger partial charge in [0.1, 0.15) is 5.69 Å². The van der Waals surface area contributed by atoms with Crippen LogP contribution in [0.2, 0.25) is 0 Å². The van der Waals surface area contributed by atoms with Crippen LogP contribution in [-0.2, 0) is 0 Å². The molecule has 0 aromatic heterocycles. The lowest BCUT2D eigenvalue weighted by Crippen LogP contribution is -2.46. The van der Waals surface area contributed by atoms with E-state index in [9.17, 15) is 13.6 Å². The minimum Gasteiger partial charge on any atom is -0.396 e. The molecule has 0 aliphatic rings. The van der Waals surface area contributed by atoms with Crippen molar-refractivity contribution in [2.45, 2.75) is 25.8 Å². The molecule has 3 N–H and O–H groups in total. The molecule has 108 valence electrons. The molecule has 0 fully saturated rings. The molecule has 0 saturated carbocycles. The second-order valence-corrected chi connectivity index (χ2v) is 4.90. The smallest absolute Gasteiger partial charge is 0.319 e. The highest BCUT2D eigenvalue weighted by molar-refractivity contribution is 5.90. The minimum absolute atomic E-state index is 0.0477. The number of terminal acetylenes is 1. The van der Waals surface area contributed by atoms with Crippen LogP contribution in [0.15, 0.2) is 12.1 Å². The van der Waals surface area contributed by atoms with Gasteiger partial charge in [-0.2, -0.15) is 0 Å². The summed E-state index contributed by atoms with van der Waals surface area (Å²) >= 11 is 0. The Labute approximate surface area is 116 Å². The number of benzene rings is 1. The van der Waals surface area contributed by atoms with Gasteiger partial charge in [-0.3, -0.25) is 0 Å². The molecule has 0 unspecified atom stereocenters. The van der Waals surface area contributed by atoms with Crippen molar-refractivity contribution in [3.05, 3.63) is 29.3 Å². The maximum Gasteiger partial charge on any atom is 0.319 e. The Kier molecular flexibility index (Phi) is 5.06. The summed E-state index contributed by atoms with van der Waals surface area (Å²) in [5.41, 5.74) is -1.22. The Morgan fingerprint density at radius 2 is 1.95 bits per heavy atom. The molecule has 20 heavy (non-hydrogen) atoms. The minimum atomic E-state index is -0.951. The fourth-order valence-electron chi connectivity index (χ4n) is 1.57. The Morgan fingerprint density at radius 1 is 1.40 bits per heavy atom. The number of anilines is 1. The van der Waals surface area contributed by atoms with E-state index in [4.69, 9.17) is 11.5 Å². The zero-order valence-electron chi connectivity index (χ0n) is 11.3. The molecule has 0 radical (unpaired) electrons. The molecule has 0 saturated heterocycles. The van der Waals surface area contributed by atoms with Crippen molar-refractivity contribution in [1.82, 2.24) is 5.32 Å². The number of carbonyl (C=O) groups excluding carboxylic acids is 1. The second kappa shape index (κ2) is 6.35. The maximum atomic E-state index is 13.6. The molecule has 6 heteroatoms. The molecule has 0 aliphatic carbocycles. The van der Waals surface area contributed by atoms with E-state index in [0.29, 0.717) is 6.42 Å². The predicted octanol–water partition coefficient (Wildman–Crippen LogP) is 2.23. The number of urea groups is 1. The van der Waals surface area contributed by atoms with Gasteiger partial charge in [0.15, 0.2) is 11.6 Å². The quantitative estimate of drug-likeness (QED) is 0.742. The number of hydrogen-bond donors (Lipinski definition) is 3. The number of aliphatic hydroxyl groups excluding tert-OH is 1. The number of nitrogens with one attached hydrogen (secondary N) is 2. The zero-order valence-corrected chi connectivity index (χ0v) is 11.3. The van der Waals surface area contributed by atoms with Crippen LogP contribution in [0.25, 0.3) is 0 Å². The van der Waals surface area contributed by atoms with Crippen LogP contribution in [0.3, 0.4) is 0 Å². The first-order valence-corrected chi connectivity index (χ1v) is 5.95. The average Bonchev–Trinajstić information content (AvgIpc) is 2.32. The van der Waals surface area contributed by atoms with E-state index in [1.807, 2.05) is 0 Å². The van der Waals surface area contributed by atoms with E-state index in [0.717, 1.165) is 12.1 Å². The van der Waals surface area contributed by atoms with Gasteiger partial charge in [-0.1, -0.05) is 5.92 Å². The van der Waals surface area contributed by atoms with Crippen LogP contribution in [-0.4, -0.2) is 23.3 Å². The van der Waals surface area contributed by atoms with Crippen molar-refractivity contribution in [2.24, 2.45) is 0 Å². The molecule has 0 heterocycles. The third kappa shape index (κ3) is 4.21. The summed E-state index contributed by atoms with van der Waals surface area (Å²) in [6.07, 6.45) is 5.36. The van der Waals surface area contributed by atoms with Crippen LogP contribution < -0.4 is 10.6 Å². The van der Waals surface area contributed by atoms with E-state index in [1.165, 1.54) is 0 Å². The van der Waals surface area contributed by atoms with Gasteiger partial charge in [-0.25, -0.2) is 13.6 Å². The molecular weight excluding hydrogens is 266 g/mol. The third-order valence-corrected chi connectivity index (χ3v) is 2.64. The van der Waals surface area contributed by atoms with E-state index in [1.54, 1.807) is 13.8 Å². The third-order valence-electron chi connectivity index (χ3n) is 2.64. The summed E-state index contributed by atoms with van der Waals surface area (Å²) in [7, 11) is 0. The number of rotatable bonds is 4. The number of aliphatic hydroxyl groups is 1. The summed E-state index contributed by atoms with van der Waals surface area (Å²) < 4.78 is 27.2. The topological polar surface area (TPSA) is 61.4 Å². The lowest BCUT2D eigenvalue weighted by atomic mass is 10.0.